The second kappa shape index (κ2) is 16.0. The molecule has 310 valence electrons. The minimum Gasteiger partial charge on any atom is -0.465 e. The lowest BCUT2D eigenvalue weighted by Gasteiger charge is -2.37. The van der Waals surface area contributed by atoms with Gasteiger partial charge in [-0.3, -0.25) is 9.59 Å². The lowest BCUT2D eigenvalue weighted by Crippen LogP contribution is -2.56. The SMILES string of the molecule is COC(=O)N[C@H](C(=O)N1CCC[C@H]1c1nc2ccc3cc(-c4ccc(-c5cnc(C6[C@H]7CC[C@H](C7)N6C(=O)[C@@H](NC(=O)O)[C@@H](C)OC)[nH]5)c(F)c4)ccc3c2[nH]1)C(C)C. The number of amides is 4. The summed E-state index contributed by atoms with van der Waals surface area (Å²) >= 11 is 0. The maximum absolute atomic E-state index is 16.0. The van der Waals surface area contributed by atoms with E-state index in [9.17, 15) is 24.3 Å². The first-order valence-corrected chi connectivity index (χ1v) is 20.1. The number of imidazole rings is 2. The van der Waals surface area contributed by atoms with Crippen molar-refractivity contribution in [1.29, 1.82) is 0 Å². The highest BCUT2D eigenvalue weighted by Gasteiger charge is 2.52. The van der Waals surface area contributed by atoms with Gasteiger partial charge in [-0.25, -0.2) is 23.9 Å². The van der Waals surface area contributed by atoms with Crippen LogP contribution in [0.4, 0.5) is 14.0 Å². The van der Waals surface area contributed by atoms with Crippen LogP contribution in [0.5, 0.6) is 0 Å². The van der Waals surface area contributed by atoms with Crippen LogP contribution >= 0.6 is 0 Å². The summed E-state index contributed by atoms with van der Waals surface area (Å²) in [6.45, 7) is 5.97. The van der Waals surface area contributed by atoms with Gasteiger partial charge in [-0.2, -0.15) is 0 Å². The number of methoxy groups -OCH3 is 2. The van der Waals surface area contributed by atoms with E-state index >= 15 is 4.39 Å². The Bertz CT molecular complexity index is 2430. The number of likely N-dealkylation sites (tertiary alicyclic amines) is 2. The molecular formula is C43H49FN8O7. The van der Waals surface area contributed by atoms with Gasteiger partial charge in [-0.1, -0.05) is 38.1 Å². The van der Waals surface area contributed by atoms with Crippen LogP contribution in [0.2, 0.25) is 0 Å². The van der Waals surface area contributed by atoms with E-state index in [1.807, 2.05) is 50.2 Å². The summed E-state index contributed by atoms with van der Waals surface area (Å²) < 4.78 is 26.1. The molecule has 3 aromatic carbocycles. The van der Waals surface area contributed by atoms with Crippen molar-refractivity contribution in [2.45, 2.75) is 89.2 Å². The van der Waals surface area contributed by atoms with Gasteiger partial charge in [0.15, 0.2) is 0 Å². The van der Waals surface area contributed by atoms with Gasteiger partial charge in [0, 0.05) is 30.6 Å². The van der Waals surface area contributed by atoms with E-state index in [1.165, 1.54) is 20.3 Å². The first-order valence-electron chi connectivity index (χ1n) is 20.1. The largest absolute Gasteiger partial charge is 0.465 e. The van der Waals surface area contributed by atoms with Crippen molar-refractivity contribution < 1.29 is 38.1 Å². The molecule has 2 aromatic heterocycles. The van der Waals surface area contributed by atoms with Crippen molar-refractivity contribution in [3.63, 3.8) is 0 Å². The maximum Gasteiger partial charge on any atom is 0.407 e. The minimum absolute atomic E-state index is 0.0493. The Hall–Kier alpha value is -6.03. The van der Waals surface area contributed by atoms with E-state index < -0.39 is 42.2 Å². The number of ether oxygens (including phenoxy) is 2. The minimum atomic E-state index is -1.31. The van der Waals surface area contributed by atoms with Crippen LogP contribution in [0.25, 0.3) is 44.2 Å². The number of aromatic nitrogens is 4. The third-order valence-corrected chi connectivity index (χ3v) is 12.4. The number of hydrogen-bond donors (Lipinski definition) is 5. The molecule has 7 atom stereocenters. The van der Waals surface area contributed by atoms with Crippen LogP contribution in [0.1, 0.15) is 76.6 Å². The zero-order valence-electron chi connectivity index (χ0n) is 33.6. The van der Waals surface area contributed by atoms with E-state index in [1.54, 1.807) is 29.0 Å². The fourth-order valence-electron chi connectivity index (χ4n) is 9.36. The van der Waals surface area contributed by atoms with Crippen molar-refractivity contribution in [3.8, 4) is 22.4 Å². The third-order valence-electron chi connectivity index (χ3n) is 12.4. The number of carbonyl (C=O) groups excluding carboxylic acids is 3. The molecule has 0 spiro atoms. The van der Waals surface area contributed by atoms with Gasteiger partial charge in [0.1, 0.15) is 29.5 Å². The number of benzene rings is 3. The lowest BCUT2D eigenvalue weighted by molar-refractivity contribution is -0.141. The highest BCUT2D eigenvalue weighted by Crippen LogP contribution is 2.50. The van der Waals surface area contributed by atoms with Gasteiger partial charge in [0.2, 0.25) is 11.8 Å². The predicted molar refractivity (Wildman–Crippen MR) is 217 cm³/mol. The summed E-state index contributed by atoms with van der Waals surface area (Å²) in [6, 6.07) is 12.4. The van der Waals surface area contributed by atoms with Gasteiger partial charge in [-0.15, -0.1) is 0 Å². The smallest absolute Gasteiger partial charge is 0.407 e. The van der Waals surface area contributed by atoms with Gasteiger partial charge in [0.25, 0.3) is 0 Å². The fraction of sp³-hybridized carbons (Fsp3) is 0.442. The zero-order chi connectivity index (χ0) is 41.7. The Morgan fingerprint density at radius 3 is 2.42 bits per heavy atom. The first-order chi connectivity index (χ1) is 28.4. The van der Waals surface area contributed by atoms with E-state index in [-0.39, 0.29) is 35.7 Å². The summed E-state index contributed by atoms with van der Waals surface area (Å²) in [5, 5.41) is 16.3. The third kappa shape index (κ3) is 7.34. The quantitative estimate of drug-likeness (QED) is 0.0968. The molecule has 4 heterocycles. The normalized spacial score (nSPS) is 21.6. The van der Waals surface area contributed by atoms with Gasteiger partial charge >= 0.3 is 12.2 Å². The number of piperidine rings is 1. The molecule has 1 unspecified atom stereocenters. The molecule has 8 rings (SSSR count). The molecule has 0 radical (unpaired) electrons. The standard InChI is InChI=1S/C43H49FN8O7/c1-21(2)34(50-43(57)59-5)40(53)51-16-6-7-33(51)38-46-31-15-11-25-17-23(9-13-28(25)36(31)48-38)24-10-14-29(30(44)19-24)32-20-45-39(47-32)37-26-8-12-27(18-26)52(37)41(54)35(22(3)58-4)49-42(55)56/h9-11,13-15,17,19-22,26-27,33-35,37,49H,6-8,12,16,18H2,1-5H3,(H,45,47)(H,46,48)(H,50,57)(H,55,56)/t22-,26+,27-,33+,34+,35+,37?/m1/s1. The number of H-pyrrole nitrogens is 2. The van der Waals surface area contributed by atoms with E-state index in [0.29, 0.717) is 35.0 Å². The van der Waals surface area contributed by atoms with Crippen molar-refractivity contribution in [3.05, 3.63) is 72.2 Å². The van der Waals surface area contributed by atoms with Crippen LogP contribution < -0.4 is 10.6 Å². The predicted octanol–water partition coefficient (Wildman–Crippen LogP) is 6.68. The Balaban J connectivity index is 1.02. The summed E-state index contributed by atoms with van der Waals surface area (Å²) in [5.41, 5.74) is 3.92. The lowest BCUT2D eigenvalue weighted by atomic mass is 9.96. The van der Waals surface area contributed by atoms with E-state index in [2.05, 4.69) is 25.6 Å². The van der Waals surface area contributed by atoms with Crippen LogP contribution in [-0.4, -0.2) is 104 Å². The van der Waals surface area contributed by atoms with Gasteiger partial charge in [0.05, 0.1) is 48.2 Å². The molecule has 59 heavy (non-hydrogen) atoms. The molecule has 5 aromatic rings. The Labute approximate surface area is 340 Å². The number of nitrogens with zero attached hydrogens (tertiary/aromatic N) is 4. The first kappa shape index (κ1) is 39.8. The average Bonchev–Trinajstić information content (AvgIpc) is 4.08. The summed E-state index contributed by atoms with van der Waals surface area (Å²) in [7, 11) is 2.71. The molecule has 3 fully saturated rings. The Morgan fingerprint density at radius 2 is 1.69 bits per heavy atom. The molecule has 3 aliphatic rings. The molecular weight excluding hydrogens is 760 g/mol. The number of nitrogens with one attached hydrogen (secondary N) is 4. The molecule has 2 saturated heterocycles. The summed E-state index contributed by atoms with van der Waals surface area (Å²) in [6.07, 6.45) is 2.99. The number of aromatic amines is 2. The van der Waals surface area contributed by atoms with Crippen molar-refractivity contribution in [2.24, 2.45) is 11.8 Å². The number of carbonyl (C=O) groups is 4. The van der Waals surface area contributed by atoms with Crippen LogP contribution in [0.3, 0.4) is 0 Å². The van der Waals surface area contributed by atoms with E-state index in [0.717, 1.165) is 59.5 Å². The van der Waals surface area contributed by atoms with Crippen molar-refractivity contribution in [1.82, 2.24) is 40.4 Å². The van der Waals surface area contributed by atoms with Crippen LogP contribution in [0, 0.1) is 17.7 Å². The molecule has 2 aliphatic heterocycles. The Kier molecular flexibility index (Phi) is 10.8. The number of carboxylic acid groups (broad SMARTS) is 1. The summed E-state index contributed by atoms with van der Waals surface area (Å²) in [4.78, 5) is 71.0. The van der Waals surface area contributed by atoms with E-state index in [4.69, 9.17) is 14.5 Å². The fourth-order valence-corrected chi connectivity index (χ4v) is 9.36. The van der Waals surface area contributed by atoms with Crippen molar-refractivity contribution in [2.75, 3.05) is 20.8 Å². The molecule has 4 amide bonds. The molecule has 16 heteroatoms. The molecule has 5 N–H and O–H groups in total. The number of rotatable bonds is 11. The number of alkyl carbamates (subject to hydrolysis) is 1. The molecule has 2 bridgehead atoms. The van der Waals surface area contributed by atoms with Gasteiger partial charge < -0.3 is 45.0 Å². The molecule has 1 saturated carbocycles. The van der Waals surface area contributed by atoms with Crippen molar-refractivity contribution >= 4 is 45.8 Å². The monoisotopic (exact) mass is 808 g/mol. The molecule has 1 aliphatic carbocycles. The van der Waals surface area contributed by atoms with Gasteiger partial charge in [-0.05, 0) is 91.6 Å². The van der Waals surface area contributed by atoms with Crippen LogP contribution in [-0.2, 0) is 19.1 Å². The van der Waals surface area contributed by atoms with Crippen LogP contribution in [0.15, 0.2) is 54.7 Å². The second-order valence-corrected chi connectivity index (χ2v) is 16.2. The number of hydrogen-bond acceptors (Lipinski definition) is 8. The average molecular weight is 809 g/mol. The highest BCUT2D eigenvalue weighted by molar-refractivity contribution is 6.05. The highest BCUT2D eigenvalue weighted by atomic mass is 19.1. The molecule has 15 nitrogen and oxygen atoms in total. The topological polar surface area (TPSA) is 195 Å². The second-order valence-electron chi connectivity index (χ2n) is 16.2. The maximum atomic E-state index is 16.0. The summed E-state index contributed by atoms with van der Waals surface area (Å²) in [5.74, 6) is 0.237. The Morgan fingerprint density at radius 1 is 0.915 bits per heavy atom. The number of fused-ring (bicyclic) bond motifs is 5. The number of halogens is 1. The zero-order valence-corrected chi connectivity index (χ0v) is 33.6.